The van der Waals surface area contributed by atoms with Gasteiger partial charge in [0.05, 0.1) is 11.5 Å². The zero-order valence-electron chi connectivity index (χ0n) is 10.8. The Hall–Kier alpha value is -3.10. The number of nitro groups is 1. The third kappa shape index (κ3) is 2.48. The van der Waals surface area contributed by atoms with E-state index in [-0.39, 0.29) is 11.3 Å². The Labute approximate surface area is 117 Å². The highest BCUT2D eigenvalue weighted by Gasteiger charge is 2.42. The molecule has 1 aliphatic heterocycles. The number of nitrogens with zero attached hydrogens (tertiary/aromatic N) is 3. The maximum atomic E-state index is 11.9. The van der Waals surface area contributed by atoms with Crippen molar-refractivity contribution in [3.63, 3.8) is 0 Å². The second-order valence-corrected chi connectivity index (χ2v) is 4.27. The molecule has 108 valence electrons. The van der Waals surface area contributed by atoms with Crippen LogP contribution in [0.5, 0.6) is 0 Å². The molecule has 1 heterocycles. The maximum absolute atomic E-state index is 11.9. The van der Waals surface area contributed by atoms with Crippen LogP contribution in [-0.2, 0) is 9.59 Å². The van der Waals surface area contributed by atoms with Gasteiger partial charge in [-0.15, -0.1) is 0 Å². The van der Waals surface area contributed by atoms with Crippen molar-refractivity contribution in [3.8, 4) is 0 Å². The number of Topliss-reactive ketones (excluding diaryl/α,β-unsaturated/α-hetero) is 1. The number of non-ortho nitro benzene ring substituents is 1. The van der Waals surface area contributed by atoms with Crippen LogP contribution in [0.25, 0.3) is 0 Å². The predicted octanol–water partition coefficient (Wildman–Crippen LogP) is 0.198. The Morgan fingerprint density at radius 1 is 1.14 bits per heavy atom. The van der Waals surface area contributed by atoms with Gasteiger partial charge < -0.3 is 0 Å². The summed E-state index contributed by atoms with van der Waals surface area (Å²) in [5, 5.41) is 10.5. The Balaban J connectivity index is 2.15. The van der Waals surface area contributed by atoms with Crippen molar-refractivity contribution in [1.82, 2.24) is 9.80 Å². The van der Waals surface area contributed by atoms with Gasteiger partial charge in [0, 0.05) is 24.7 Å². The van der Waals surface area contributed by atoms with Gasteiger partial charge in [-0.1, -0.05) is 0 Å². The molecule has 9 nitrogen and oxygen atoms in total. The van der Waals surface area contributed by atoms with E-state index >= 15 is 0 Å². The molecule has 0 bridgehead atoms. The topological polar surface area (TPSA) is 118 Å². The van der Waals surface area contributed by atoms with Crippen molar-refractivity contribution in [2.75, 3.05) is 13.6 Å². The van der Waals surface area contributed by atoms with Gasteiger partial charge in [0.1, 0.15) is 0 Å². The van der Waals surface area contributed by atoms with Crippen molar-refractivity contribution in [2.24, 2.45) is 0 Å². The number of hydrogen-bond donors (Lipinski definition) is 0. The minimum Gasteiger partial charge on any atom is -0.292 e. The molecule has 21 heavy (non-hydrogen) atoms. The number of urea groups is 1. The summed E-state index contributed by atoms with van der Waals surface area (Å²) >= 11 is 0. The third-order valence-corrected chi connectivity index (χ3v) is 2.95. The number of imide groups is 2. The van der Waals surface area contributed by atoms with Crippen LogP contribution < -0.4 is 0 Å². The van der Waals surface area contributed by atoms with Crippen molar-refractivity contribution >= 4 is 29.3 Å². The molecule has 0 saturated carbocycles. The van der Waals surface area contributed by atoms with E-state index in [1.165, 1.54) is 12.1 Å². The lowest BCUT2D eigenvalue weighted by atomic mass is 10.1. The fourth-order valence-electron chi connectivity index (χ4n) is 1.76. The quantitative estimate of drug-likeness (QED) is 0.257. The van der Waals surface area contributed by atoms with E-state index in [1.807, 2.05) is 0 Å². The van der Waals surface area contributed by atoms with Crippen LogP contribution in [0, 0.1) is 10.1 Å². The van der Waals surface area contributed by atoms with Gasteiger partial charge in [0.25, 0.3) is 5.69 Å². The summed E-state index contributed by atoms with van der Waals surface area (Å²) in [4.78, 5) is 57.4. The molecular weight excluding hydrogens is 282 g/mol. The number of likely N-dealkylation sites (N-methyl/N-ethyl adjacent to an activating group) is 1. The van der Waals surface area contributed by atoms with E-state index in [0.717, 1.165) is 19.2 Å². The number of benzene rings is 1. The third-order valence-electron chi connectivity index (χ3n) is 2.95. The molecule has 1 aromatic carbocycles. The number of rotatable bonds is 4. The fourth-order valence-corrected chi connectivity index (χ4v) is 1.76. The minimum atomic E-state index is -1.07. The predicted molar refractivity (Wildman–Crippen MR) is 67.3 cm³/mol. The number of ketones is 1. The highest BCUT2D eigenvalue weighted by Crippen LogP contribution is 2.15. The molecule has 4 amide bonds. The molecule has 1 saturated heterocycles. The SMILES string of the molecule is CN1C(=O)C(=O)N(CC(=O)c2ccc([N+](=O)[O-])cc2)C1=O. The van der Waals surface area contributed by atoms with Crippen molar-refractivity contribution in [2.45, 2.75) is 0 Å². The molecule has 1 fully saturated rings. The maximum Gasteiger partial charge on any atom is 0.334 e. The first kappa shape index (κ1) is 14.3. The number of carbonyl (C=O) groups is 4. The van der Waals surface area contributed by atoms with Gasteiger partial charge in [0.15, 0.2) is 5.78 Å². The van der Waals surface area contributed by atoms with E-state index < -0.39 is 35.1 Å². The molecule has 0 aromatic heterocycles. The minimum absolute atomic E-state index is 0.100. The Morgan fingerprint density at radius 3 is 2.14 bits per heavy atom. The molecule has 0 spiro atoms. The summed E-state index contributed by atoms with van der Waals surface area (Å²) in [7, 11) is 1.14. The number of nitro benzene ring substituents is 1. The Bertz CT molecular complexity index is 666. The fraction of sp³-hybridized carbons (Fsp3) is 0.167. The van der Waals surface area contributed by atoms with Gasteiger partial charge >= 0.3 is 17.8 Å². The van der Waals surface area contributed by atoms with E-state index in [4.69, 9.17) is 0 Å². The standard InChI is InChI=1S/C12H9N3O6/c1-13-10(17)11(18)14(12(13)19)6-9(16)7-2-4-8(5-3-7)15(20)21/h2-5H,6H2,1H3. The largest absolute Gasteiger partial charge is 0.334 e. The van der Waals surface area contributed by atoms with E-state index in [9.17, 15) is 29.3 Å². The molecule has 1 aliphatic rings. The van der Waals surface area contributed by atoms with Gasteiger partial charge in [0.2, 0.25) is 0 Å². The van der Waals surface area contributed by atoms with Crippen molar-refractivity contribution < 1.29 is 24.1 Å². The normalized spacial score (nSPS) is 14.8. The molecule has 0 unspecified atom stereocenters. The van der Waals surface area contributed by atoms with Gasteiger partial charge in [-0.25, -0.2) is 9.69 Å². The number of carbonyl (C=O) groups excluding carboxylic acids is 4. The zero-order chi connectivity index (χ0) is 15.7. The van der Waals surface area contributed by atoms with Gasteiger partial charge in [-0.3, -0.25) is 29.4 Å². The summed E-state index contributed by atoms with van der Waals surface area (Å²) in [6, 6.07) is 3.84. The van der Waals surface area contributed by atoms with Crippen LogP contribution in [0.1, 0.15) is 10.4 Å². The van der Waals surface area contributed by atoms with Crippen LogP contribution >= 0.6 is 0 Å². The van der Waals surface area contributed by atoms with E-state index in [0.29, 0.717) is 9.80 Å². The summed E-state index contributed by atoms with van der Waals surface area (Å²) in [5.74, 6) is -2.68. The monoisotopic (exact) mass is 291 g/mol. The lowest BCUT2D eigenvalue weighted by molar-refractivity contribution is -0.384. The van der Waals surface area contributed by atoms with E-state index in [1.54, 1.807) is 0 Å². The molecule has 0 atom stereocenters. The average Bonchev–Trinajstić information content (AvgIpc) is 2.65. The van der Waals surface area contributed by atoms with Crippen LogP contribution in [0.15, 0.2) is 24.3 Å². The Kier molecular flexibility index (Phi) is 3.49. The van der Waals surface area contributed by atoms with Crippen molar-refractivity contribution in [3.05, 3.63) is 39.9 Å². The molecular formula is C12H9N3O6. The first-order valence-electron chi connectivity index (χ1n) is 5.74. The summed E-state index contributed by atoms with van der Waals surface area (Å²) < 4.78 is 0. The lowest BCUT2D eigenvalue weighted by Gasteiger charge is -2.11. The highest BCUT2D eigenvalue weighted by atomic mass is 16.6. The first-order chi connectivity index (χ1) is 9.82. The molecule has 1 aromatic rings. The highest BCUT2D eigenvalue weighted by molar-refractivity contribution is 6.45. The molecule has 9 heteroatoms. The number of hydrogen-bond acceptors (Lipinski definition) is 6. The zero-order valence-corrected chi connectivity index (χ0v) is 10.8. The van der Waals surface area contributed by atoms with E-state index in [2.05, 4.69) is 0 Å². The van der Waals surface area contributed by atoms with Crippen LogP contribution in [-0.4, -0.2) is 51.9 Å². The first-order valence-corrected chi connectivity index (χ1v) is 5.74. The van der Waals surface area contributed by atoms with Crippen LogP contribution in [0.3, 0.4) is 0 Å². The number of amides is 4. The Morgan fingerprint density at radius 2 is 1.71 bits per heavy atom. The van der Waals surface area contributed by atoms with Crippen molar-refractivity contribution in [1.29, 1.82) is 0 Å². The smallest absolute Gasteiger partial charge is 0.292 e. The van der Waals surface area contributed by atoms with Gasteiger partial charge in [-0.2, -0.15) is 0 Å². The average molecular weight is 291 g/mol. The summed E-state index contributed by atoms with van der Waals surface area (Å²) in [5.41, 5.74) is -0.0852. The molecule has 2 rings (SSSR count). The van der Waals surface area contributed by atoms with Crippen LogP contribution in [0.4, 0.5) is 10.5 Å². The molecule has 0 N–H and O–H groups in total. The second-order valence-electron chi connectivity index (χ2n) is 4.27. The molecule has 0 aliphatic carbocycles. The van der Waals surface area contributed by atoms with Crippen LogP contribution in [0.2, 0.25) is 0 Å². The lowest BCUT2D eigenvalue weighted by Crippen LogP contribution is -2.36. The summed E-state index contributed by atoms with van der Waals surface area (Å²) in [6.45, 7) is -0.592. The molecule has 0 radical (unpaired) electrons. The summed E-state index contributed by atoms with van der Waals surface area (Å²) in [6.07, 6.45) is 0. The second kappa shape index (κ2) is 5.12. The van der Waals surface area contributed by atoms with Gasteiger partial charge in [-0.05, 0) is 12.1 Å².